The number of allylic oxidation sites excluding steroid dienone is 2. The molecular formula is C26H29N7O2. The zero-order valence-electron chi connectivity index (χ0n) is 20.1. The van der Waals surface area contributed by atoms with Crippen LogP contribution in [-0.2, 0) is 16.6 Å². The van der Waals surface area contributed by atoms with Crippen molar-refractivity contribution in [2.75, 3.05) is 13.2 Å². The first-order valence-corrected chi connectivity index (χ1v) is 12.0. The molecule has 1 aliphatic heterocycles. The Morgan fingerprint density at radius 2 is 2.06 bits per heavy atom. The van der Waals surface area contributed by atoms with Crippen molar-refractivity contribution in [1.82, 2.24) is 30.6 Å². The average Bonchev–Trinajstić information content (AvgIpc) is 3.58. The smallest absolute Gasteiger partial charge is 0.202 e. The highest BCUT2D eigenvalue weighted by molar-refractivity contribution is 5.95. The molecule has 0 bridgehead atoms. The maximum atomic E-state index is 13.0. The predicted molar refractivity (Wildman–Crippen MR) is 128 cm³/mol. The van der Waals surface area contributed by atoms with Crippen LogP contribution < -0.4 is 0 Å². The summed E-state index contributed by atoms with van der Waals surface area (Å²) in [7, 11) is 0. The van der Waals surface area contributed by atoms with Gasteiger partial charge in [0.25, 0.3) is 0 Å². The van der Waals surface area contributed by atoms with E-state index in [1.807, 2.05) is 6.07 Å². The van der Waals surface area contributed by atoms with Crippen LogP contribution in [0.3, 0.4) is 0 Å². The molecule has 180 valence electrons. The molecule has 0 amide bonds. The first-order chi connectivity index (χ1) is 16.9. The molecule has 1 aromatic carbocycles. The number of ketones is 1. The van der Waals surface area contributed by atoms with Crippen molar-refractivity contribution in [2.45, 2.75) is 57.8 Å². The Morgan fingerprint density at radius 3 is 2.71 bits per heavy atom. The van der Waals surface area contributed by atoms with Gasteiger partial charge in [-0.15, -0.1) is 10.2 Å². The summed E-state index contributed by atoms with van der Waals surface area (Å²) in [5, 5.41) is 24.2. The number of imidazole rings is 1. The number of tetrazole rings is 1. The lowest BCUT2D eigenvalue weighted by Crippen LogP contribution is -2.36. The number of nitrogens with one attached hydrogen (secondary N) is 2. The number of nitriles is 1. The van der Waals surface area contributed by atoms with Gasteiger partial charge in [0.05, 0.1) is 11.6 Å². The molecule has 2 aromatic heterocycles. The summed E-state index contributed by atoms with van der Waals surface area (Å²) in [5.74, 6) is 0.744. The third-order valence-electron chi connectivity index (χ3n) is 7.41. The van der Waals surface area contributed by atoms with E-state index in [9.17, 15) is 4.79 Å². The van der Waals surface area contributed by atoms with E-state index in [0.29, 0.717) is 19.0 Å². The number of H-pyrrole nitrogens is 2. The van der Waals surface area contributed by atoms with Crippen molar-refractivity contribution in [1.29, 1.82) is 5.26 Å². The Bertz CT molecular complexity index is 1290. The van der Waals surface area contributed by atoms with E-state index in [-0.39, 0.29) is 34.6 Å². The van der Waals surface area contributed by atoms with Gasteiger partial charge in [0.1, 0.15) is 11.8 Å². The molecule has 2 aliphatic rings. The molecule has 0 atom stereocenters. The van der Waals surface area contributed by atoms with Gasteiger partial charge in [0, 0.05) is 19.6 Å². The molecule has 1 fully saturated rings. The maximum absolute atomic E-state index is 13.0. The van der Waals surface area contributed by atoms with Gasteiger partial charge in [0.2, 0.25) is 5.78 Å². The summed E-state index contributed by atoms with van der Waals surface area (Å²) < 4.78 is 5.67. The Morgan fingerprint density at radius 1 is 1.23 bits per heavy atom. The fourth-order valence-corrected chi connectivity index (χ4v) is 5.15. The third-order valence-corrected chi connectivity index (χ3v) is 7.41. The van der Waals surface area contributed by atoms with Gasteiger partial charge in [-0.1, -0.05) is 43.3 Å². The number of carbonyl (C=O) groups is 1. The summed E-state index contributed by atoms with van der Waals surface area (Å²) in [4.78, 5) is 19.9. The minimum Gasteiger partial charge on any atom is -0.381 e. The summed E-state index contributed by atoms with van der Waals surface area (Å²) >= 11 is 0. The molecule has 3 heterocycles. The topological polar surface area (TPSA) is 133 Å². The lowest BCUT2D eigenvalue weighted by molar-refractivity contribution is 0.0604. The molecule has 1 saturated heterocycles. The normalized spacial score (nSPS) is 19.1. The fourth-order valence-electron chi connectivity index (χ4n) is 5.15. The summed E-state index contributed by atoms with van der Waals surface area (Å²) in [6.45, 7) is 5.83. The first-order valence-electron chi connectivity index (χ1n) is 12.0. The number of rotatable bonds is 6. The average molecular weight is 472 g/mol. The largest absolute Gasteiger partial charge is 0.381 e. The monoisotopic (exact) mass is 471 g/mol. The number of Topliss-reactive ketones (excluding diaryl/α,β-unsaturated/α-hetero) is 1. The van der Waals surface area contributed by atoms with E-state index >= 15 is 0 Å². The first kappa shape index (κ1) is 23.1. The number of aromatic amines is 2. The third kappa shape index (κ3) is 4.54. The van der Waals surface area contributed by atoms with Gasteiger partial charge in [0.15, 0.2) is 11.6 Å². The SMILES string of the molecule is CC1(C)CC=C(c2cc(C3(c4nn[nH]n4)CCOCC3)ccc2CC(=O)c2ncc(C#N)[nH]2)CC1. The minimum atomic E-state index is -0.389. The number of carbonyl (C=O) groups excluding carboxylic acids is 1. The Labute approximate surface area is 204 Å². The lowest BCUT2D eigenvalue weighted by atomic mass is 9.71. The van der Waals surface area contributed by atoms with Crippen LogP contribution in [0.4, 0.5) is 0 Å². The van der Waals surface area contributed by atoms with E-state index in [0.717, 1.165) is 48.8 Å². The van der Waals surface area contributed by atoms with Crippen molar-refractivity contribution in [3.63, 3.8) is 0 Å². The fraction of sp³-hybridized carbons (Fsp3) is 0.462. The second-order valence-corrected chi connectivity index (χ2v) is 10.3. The molecule has 0 spiro atoms. The molecule has 1 aliphatic carbocycles. The van der Waals surface area contributed by atoms with Gasteiger partial charge >= 0.3 is 0 Å². The lowest BCUT2D eigenvalue weighted by Gasteiger charge is -2.36. The molecular weight excluding hydrogens is 442 g/mol. The van der Waals surface area contributed by atoms with Gasteiger partial charge < -0.3 is 9.72 Å². The van der Waals surface area contributed by atoms with Crippen molar-refractivity contribution in [2.24, 2.45) is 5.41 Å². The van der Waals surface area contributed by atoms with Crippen LogP contribution in [0.1, 0.15) is 84.8 Å². The van der Waals surface area contributed by atoms with Crippen LogP contribution in [0.25, 0.3) is 5.57 Å². The molecule has 2 N–H and O–H groups in total. The van der Waals surface area contributed by atoms with Crippen molar-refractivity contribution < 1.29 is 9.53 Å². The van der Waals surface area contributed by atoms with Crippen LogP contribution in [0.2, 0.25) is 0 Å². The Balaban J connectivity index is 1.56. The molecule has 0 saturated carbocycles. The Kier molecular flexibility index (Phi) is 6.07. The summed E-state index contributed by atoms with van der Waals surface area (Å²) in [5.41, 5.74) is 4.58. The summed E-state index contributed by atoms with van der Waals surface area (Å²) in [6.07, 6.45) is 8.48. The number of ether oxygens (including phenoxy) is 1. The highest BCUT2D eigenvalue weighted by Crippen LogP contribution is 2.43. The number of aromatic nitrogens is 6. The van der Waals surface area contributed by atoms with Crippen LogP contribution in [-0.4, -0.2) is 49.6 Å². The number of hydrogen-bond donors (Lipinski definition) is 2. The maximum Gasteiger partial charge on any atom is 0.202 e. The molecule has 35 heavy (non-hydrogen) atoms. The number of benzene rings is 1. The van der Waals surface area contributed by atoms with E-state index in [4.69, 9.17) is 10.00 Å². The Hall–Kier alpha value is -3.64. The van der Waals surface area contributed by atoms with Crippen LogP contribution in [0.5, 0.6) is 0 Å². The second-order valence-electron chi connectivity index (χ2n) is 10.3. The van der Waals surface area contributed by atoms with Crippen LogP contribution in [0, 0.1) is 16.7 Å². The van der Waals surface area contributed by atoms with Crippen molar-refractivity contribution >= 4 is 11.4 Å². The van der Waals surface area contributed by atoms with E-state index < -0.39 is 0 Å². The molecule has 0 radical (unpaired) electrons. The molecule has 5 rings (SSSR count). The quantitative estimate of drug-likeness (QED) is 0.521. The van der Waals surface area contributed by atoms with Crippen LogP contribution in [0.15, 0.2) is 30.5 Å². The van der Waals surface area contributed by atoms with Gasteiger partial charge in [-0.3, -0.25) is 4.79 Å². The van der Waals surface area contributed by atoms with Crippen molar-refractivity contribution in [3.8, 4) is 6.07 Å². The highest BCUT2D eigenvalue weighted by Gasteiger charge is 2.40. The van der Waals surface area contributed by atoms with E-state index in [2.05, 4.69) is 68.7 Å². The standard InChI is InChI=1S/C26H29N7O2/c1-25(2)7-5-17(6-8-25)21-14-19(26(9-11-35-12-10-26)24-30-32-33-31-24)4-3-18(21)13-22(34)23-28-16-20(15-27)29-23/h3-5,14,16H,6-13H2,1-2H3,(H,28,29)(H,30,31,32,33). The second kappa shape index (κ2) is 9.19. The highest BCUT2D eigenvalue weighted by atomic mass is 16.5. The summed E-state index contributed by atoms with van der Waals surface area (Å²) in [6, 6.07) is 8.35. The van der Waals surface area contributed by atoms with Gasteiger partial charge in [-0.25, -0.2) is 4.98 Å². The van der Waals surface area contributed by atoms with Gasteiger partial charge in [-0.2, -0.15) is 10.5 Å². The zero-order chi connectivity index (χ0) is 24.5. The predicted octanol–water partition coefficient (Wildman–Crippen LogP) is 3.91. The van der Waals surface area contributed by atoms with Gasteiger partial charge in [-0.05, 0) is 59.8 Å². The molecule has 3 aromatic rings. The van der Waals surface area contributed by atoms with Crippen LogP contribution >= 0.6 is 0 Å². The molecule has 0 unspecified atom stereocenters. The van der Waals surface area contributed by atoms with E-state index in [1.165, 1.54) is 11.8 Å². The zero-order valence-corrected chi connectivity index (χ0v) is 20.1. The number of nitrogens with zero attached hydrogens (tertiary/aromatic N) is 5. The van der Waals surface area contributed by atoms with Crippen molar-refractivity contribution in [3.05, 3.63) is 64.5 Å². The number of hydrogen-bond acceptors (Lipinski definition) is 7. The molecule has 9 heteroatoms. The van der Waals surface area contributed by atoms with E-state index in [1.54, 1.807) is 0 Å². The molecule has 9 nitrogen and oxygen atoms in total. The minimum absolute atomic E-state index is 0.142.